The molecule has 3 N–H and O–H groups in total. The summed E-state index contributed by atoms with van der Waals surface area (Å²) in [5.74, 6) is -1.32. The molecule has 0 aliphatic heterocycles. The van der Waals surface area contributed by atoms with Crippen LogP contribution in [0.25, 0.3) is 11.5 Å². The molecule has 1 aromatic heterocycles. The fourth-order valence-electron chi connectivity index (χ4n) is 1.61. The van der Waals surface area contributed by atoms with Crippen LogP contribution in [0.5, 0.6) is 0 Å². The van der Waals surface area contributed by atoms with Gasteiger partial charge in [0, 0.05) is 24.1 Å². The summed E-state index contributed by atoms with van der Waals surface area (Å²) < 4.78 is 5.03. The fraction of sp³-hybridized carbons (Fsp3) is 0.231. The largest absolute Gasteiger partial charge is 0.479 e. The number of aromatic nitrogens is 2. The van der Waals surface area contributed by atoms with Crippen molar-refractivity contribution in [2.45, 2.75) is 12.5 Å². The molecular formula is C13H13N3O5. The Bertz CT molecular complexity index is 609. The number of carboxylic acid groups (broad SMARTS) is 1. The highest BCUT2D eigenvalue weighted by Crippen LogP contribution is 2.16. The molecule has 0 saturated carbocycles. The van der Waals surface area contributed by atoms with Crippen molar-refractivity contribution in [2.24, 2.45) is 0 Å². The molecule has 1 amide bonds. The zero-order valence-corrected chi connectivity index (χ0v) is 10.9. The van der Waals surface area contributed by atoms with Crippen molar-refractivity contribution >= 4 is 11.9 Å². The van der Waals surface area contributed by atoms with Gasteiger partial charge in [-0.15, -0.1) is 10.2 Å². The molecule has 0 aliphatic rings. The van der Waals surface area contributed by atoms with Crippen LogP contribution < -0.4 is 5.32 Å². The summed E-state index contributed by atoms with van der Waals surface area (Å²) in [4.78, 5) is 22.2. The minimum atomic E-state index is -1.48. The van der Waals surface area contributed by atoms with Crippen LogP contribution in [-0.4, -0.2) is 44.9 Å². The predicted molar refractivity (Wildman–Crippen MR) is 70.3 cm³/mol. The molecule has 8 heteroatoms. The van der Waals surface area contributed by atoms with Gasteiger partial charge in [-0.05, 0) is 24.3 Å². The number of aliphatic carboxylic acids is 1. The van der Waals surface area contributed by atoms with Gasteiger partial charge in [-0.1, -0.05) is 0 Å². The van der Waals surface area contributed by atoms with E-state index in [4.69, 9.17) is 14.6 Å². The smallest absolute Gasteiger partial charge is 0.332 e. The molecule has 0 saturated heterocycles. The third-order valence-electron chi connectivity index (χ3n) is 2.74. The van der Waals surface area contributed by atoms with Crippen molar-refractivity contribution in [1.29, 1.82) is 0 Å². The summed E-state index contributed by atoms with van der Waals surface area (Å²) in [7, 11) is 0. The third kappa shape index (κ3) is 3.86. The number of carbonyl (C=O) groups is 2. The first-order valence-electron chi connectivity index (χ1n) is 6.13. The topological polar surface area (TPSA) is 126 Å². The van der Waals surface area contributed by atoms with Gasteiger partial charge < -0.3 is 19.9 Å². The van der Waals surface area contributed by atoms with Gasteiger partial charge in [0.05, 0.1) is 0 Å². The van der Waals surface area contributed by atoms with E-state index in [0.717, 1.165) is 0 Å². The summed E-state index contributed by atoms with van der Waals surface area (Å²) in [5, 5.41) is 27.4. The summed E-state index contributed by atoms with van der Waals surface area (Å²) >= 11 is 0. The monoisotopic (exact) mass is 291 g/mol. The number of amides is 1. The quantitative estimate of drug-likeness (QED) is 0.698. The molecule has 0 aliphatic carbocycles. The second-order valence-corrected chi connectivity index (χ2v) is 4.22. The molecule has 1 atom stereocenters. The Hall–Kier alpha value is -2.74. The van der Waals surface area contributed by atoms with Crippen LogP contribution in [0.4, 0.5) is 0 Å². The molecule has 110 valence electrons. The number of carbonyl (C=O) groups excluding carboxylic acids is 1. The van der Waals surface area contributed by atoms with E-state index in [9.17, 15) is 9.59 Å². The maximum Gasteiger partial charge on any atom is 0.332 e. The number of rotatable bonds is 6. The van der Waals surface area contributed by atoms with Crippen LogP contribution in [0.1, 0.15) is 16.8 Å². The van der Waals surface area contributed by atoms with Gasteiger partial charge in [0.2, 0.25) is 12.3 Å². The third-order valence-corrected chi connectivity index (χ3v) is 2.74. The molecule has 1 heterocycles. The van der Waals surface area contributed by atoms with Gasteiger partial charge in [-0.2, -0.15) is 0 Å². The fourth-order valence-corrected chi connectivity index (χ4v) is 1.61. The summed E-state index contributed by atoms with van der Waals surface area (Å²) in [6.45, 7) is 0.0672. The molecule has 8 nitrogen and oxygen atoms in total. The maximum absolute atomic E-state index is 11.8. The van der Waals surface area contributed by atoms with Crippen LogP contribution in [0, 0.1) is 0 Å². The lowest BCUT2D eigenvalue weighted by Crippen LogP contribution is -2.30. The van der Waals surface area contributed by atoms with Gasteiger partial charge >= 0.3 is 5.97 Å². The van der Waals surface area contributed by atoms with E-state index in [1.165, 1.54) is 6.39 Å². The molecule has 1 aromatic carbocycles. The number of aliphatic hydroxyl groups excluding tert-OH is 1. The first-order valence-corrected chi connectivity index (χ1v) is 6.13. The Morgan fingerprint density at radius 3 is 2.57 bits per heavy atom. The number of nitrogens with one attached hydrogen (secondary N) is 1. The van der Waals surface area contributed by atoms with Gasteiger partial charge in [-0.25, -0.2) is 4.79 Å². The average Bonchev–Trinajstić information content (AvgIpc) is 3.01. The second kappa shape index (κ2) is 6.62. The zero-order chi connectivity index (χ0) is 15.2. The normalized spacial score (nSPS) is 11.9. The lowest BCUT2D eigenvalue weighted by atomic mass is 10.1. The summed E-state index contributed by atoms with van der Waals surface area (Å²) in [5.41, 5.74) is 1.09. The molecule has 0 fully saturated rings. The Labute approximate surface area is 119 Å². The van der Waals surface area contributed by atoms with Crippen molar-refractivity contribution in [3.63, 3.8) is 0 Å². The van der Waals surface area contributed by atoms with Crippen molar-refractivity contribution in [2.75, 3.05) is 6.54 Å². The van der Waals surface area contributed by atoms with Gasteiger partial charge in [-0.3, -0.25) is 4.79 Å². The lowest BCUT2D eigenvalue weighted by Gasteiger charge is -2.07. The molecule has 0 radical (unpaired) electrons. The van der Waals surface area contributed by atoms with Crippen molar-refractivity contribution in [3.8, 4) is 11.5 Å². The van der Waals surface area contributed by atoms with E-state index in [2.05, 4.69) is 15.5 Å². The highest BCUT2D eigenvalue weighted by atomic mass is 16.4. The number of aliphatic hydroxyl groups is 1. The minimum absolute atomic E-state index is 0.0544. The van der Waals surface area contributed by atoms with E-state index in [1.807, 2.05) is 0 Å². The van der Waals surface area contributed by atoms with Gasteiger partial charge in [0.1, 0.15) is 0 Å². The Balaban J connectivity index is 1.90. The van der Waals surface area contributed by atoms with E-state index in [-0.39, 0.29) is 18.9 Å². The van der Waals surface area contributed by atoms with Crippen LogP contribution in [0.15, 0.2) is 35.1 Å². The van der Waals surface area contributed by atoms with Crippen molar-refractivity contribution < 1.29 is 24.2 Å². The number of nitrogens with zero attached hydrogens (tertiary/aromatic N) is 2. The van der Waals surface area contributed by atoms with Crippen LogP contribution in [0.2, 0.25) is 0 Å². The number of carboxylic acids is 1. The van der Waals surface area contributed by atoms with E-state index in [0.29, 0.717) is 17.0 Å². The zero-order valence-electron chi connectivity index (χ0n) is 10.9. The number of benzene rings is 1. The Kier molecular flexibility index (Phi) is 4.62. The lowest BCUT2D eigenvalue weighted by molar-refractivity contribution is -0.146. The molecule has 0 bridgehead atoms. The average molecular weight is 291 g/mol. The molecule has 2 aromatic rings. The SMILES string of the molecule is O=C(NCC[C@H](O)C(=O)O)c1ccc(-c2nnco2)cc1. The second-order valence-electron chi connectivity index (χ2n) is 4.22. The molecule has 0 unspecified atom stereocenters. The highest BCUT2D eigenvalue weighted by Gasteiger charge is 2.13. The highest BCUT2D eigenvalue weighted by molar-refractivity contribution is 5.94. The van der Waals surface area contributed by atoms with E-state index in [1.54, 1.807) is 24.3 Å². The minimum Gasteiger partial charge on any atom is -0.479 e. The molecular weight excluding hydrogens is 278 g/mol. The van der Waals surface area contributed by atoms with Gasteiger partial charge in [0.15, 0.2) is 6.10 Å². The molecule has 2 rings (SSSR count). The van der Waals surface area contributed by atoms with Crippen molar-refractivity contribution in [1.82, 2.24) is 15.5 Å². The number of hydrogen-bond donors (Lipinski definition) is 3. The standard InChI is InChI=1S/C13H13N3O5/c17-10(13(19)20)5-6-14-11(18)8-1-3-9(4-2-8)12-16-15-7-21-12/h1-4,7,10,17H,5-6H2,(H,14,18)(H,19,20)/t10-/m0/s1. The maximum atomic E-state index is 11.8. The number of hydrogen-bond acceptors (Lipinski definition) is 6. The van der Waals surface area contributed by atoms with Crippen molar-refractivity contribution in [3.05, 3.63) is 36.2 Å². The predicted octanol–water partition coefficient (Wildman–Crippen LogP) is 0.302. The summed E-state index contributed by atoms with van der Waals surface area (Å²) in [6, 6.07) is 6.49. The first kappa shape index (κ1) is 14.7. The molecule has 0 spiro atoms. The first-order chi connectivity index (χ1) is 10.1. The Morgan fingerprint density at radius 1 is 1.29 bits per heavy atom. The van der Waals surface area contributed by atoms with Crippen LogP contribution in [0.3, 0.4) is 0 Å². The summed E-state index contributed by atoms with van der Waals surface area (Å²) in [6.07, 6.45) is -0.324. The van der Waals surface area contributed by atoms with Crippen LogP contribution >= 0.6 is 0 Å². The van der Waals surface area contributed by atoms with E-state index < -0.39 is 12.1 Å². The van der Waals surface area contributed by atoms with Crippen LogP contribution in [-0.2, 0) is 4.79 Å². The Morgan fingerprint density at radius 2 is 2.00 bits per heavy atom. The van der Waals surface area contributed by atoms with Gasteiger partial charge in [0.25, 0.3) is 5.91 Å². The van der Waals surface area contributed by atoms with E-state index >= 15 is 0 Å². The molecule has 21 heavy (non-hydrogen) atoms.